The number of aromatic nitrogens is 2. The van der Waals surface area contributed by atoms with Gasteiger partial charge in [0.1, 0.15) is 11.5 Å². The lowest BCUT2D eigenvalue weighted by Gasteiger charge is -2.32. The van der Waals surface area contributed by atoms with Crippen molar-refractivity contribution in [2.24, 2.45) is 5.92 Å². The topological polar surface area (TPSA) is 88.7 Å². The highest BCUT2D eigenvalue weighted by molar-refractivity contribution is 6.39. The van der Waals surface area contributed by atoms with Crippen LogP contribution in [0.2, 0.25) is 10.0 Å². The summed E-state index contributed by atoms with van der Waals surface area (Å²) in [6.45, 7) is 0.939. The van der Waals surface area contributed by atoms with E-state index in [9.17, 15) is 9.18 Å². The maximum absolute atomic E-state index is 14.6. The number of carboxylic acid groups (broad SMARTS) is 1. The van der Waals surface area contributed by atoms with Crippen LogP contribution < -0.4 is 4.90 Å². The van der Waals surface area contributed by atoms with E-state index in [1.807, 2.05) is 4.90 Å². The Morgan fingerprint density at radius 3 is 2.66 bits per heavy atom. The molecular weight excluding hydrogens is 496 g/mol. The van der Waals surface area contributed by atoms with Gasteiger partial charge in [-0.25, -0.2) is 14.2 Å². The molecule has 1 aromatic carbocycles. The van der Waals surface area contributed by atoms with Gasteiger partial charge < -0.3 is 19.3 Å². The van der Waals surface area contributed by atoms with Gasteiger partial charge in [0.25, 0.3) is 0 Å². The number of aromatic carboxylic acids is 1. The molecule has 2 aromatic heterocycles. The Kier molecular flexibility index (Phi) is 5.70. The quantitative estimate of drug-likeness (QED) is 0.414. The van der Waals surface area contributed by atoms with Gasteiger partial charge in [-0.1, -0.05) is 34.4 Å². The summed E-state index contributed by atoms with van der Waals surface area (Å²) in [5.41, 5.74) is 2.00. The number of ether oxygens (including phenoxy) is 1. The molecule has 3 heterocycles. The van der Waals surface area contributed by atoms with Crippen LogP contribution in [0.1, 0.15) is 53.3 Å². The van der Waals surface area contributed by atoms with Crippen molar-refractivity contribution in [2.75, 3.05) is 11.4 Å². The van der Waals surface area contributed by atoms with Crippen molar-refractivity contribution < 1.29 is 23.6 Å². The van der Waals surface area contributed by atoms with Crippen molar-refractivity contribution in [3.05, 3.63) is 63.2 Å². The molecule has 2 bridgehead atoms. The zero-order valence-corrected chi connectivity index (χ0v) is 20.1. The monoisotopic (exact) mass is 517 g/mol. The van der Waals surface area contributed by atoms with Gasteiger partial charge in [0.05, 0.1) is 28.3 Å². The molecule has 3 fully saturated rings. The third-order valence-corrected chi connectivity index (χ3v) is 7.86. The summed E-state index contributed by atoms with van der Waals surface area (Å²) in [5, 5.41) is 14.4. The summed E-state index contributed by atoms with van der Waals surface area (Å²) in [4.78, 5) is 17.1. The lowest BCUT2D eigenvalue weighted by Crippen LogP contribution is -2.39. The largest absolute Gasteiger partial charge is 0.478 e. The fourth-order valence-electron chi connectivity index (χ4n) is 5.37. The lowest BCUT2D eigenvalue weighted by atomic mass is 10.0. The second-order valence-electron chi connectivity index (χ2n) is 9.47. The summed E-state index contributed by atoms with van der Waals surface area (Å²) in [5.74, 6) is -0.213. The summed E-state index contributed by atoms with van der Waals surface area (Å²) in [6, 6.07) is 6.46. The van der Waals surface area contributed by atoms with E-state index in [-0.39, 0.29) is 29.4 Å². The molecule has 3 aliphatic rings. The minimum absolute atomic E-state index is 0.00845. The van der Waals surface area contributed by atoms with E-state index in [2.05, 4.69) is 10.1 Å². The van der Waals surface area contributed by atoms with Crippen LogP contribution in [0.3, 0.4) is 0 Å². The van der Waals surface area contributed by atoms with Crippen LogP contribution in [0, 0.1) is 11.7 Å². The van der Waals surface area contributed by atoms with Gasteiger partial charge in [0.15, 0.2) is 11.6 Å². The molecule has 7 nitrogen and oxygen atoms in total. The Morgan fingerprint density at radius 2 is 2.03 bits per heavy atom. The van der Waals surface area contributed by atoms with E-state index >= 15 is 0 Å². The van der Waals surface area contributed by atoms with Crippen LogP contribution in [-0.2, 0) is 11.3 Å². The van der Waals surface area contributed by atoms with Crippen molar-refractivity contribution in [1.82, 2.24) is 10.1 Å². The lowest BCUT2D eigenvalue weighted by molar-refractivity contribution is 0.0121. The molecule has 2 aliphatic carbocycles. The third kappa shape index (κ3) is 4.07. The predicted molar refractivity (Wildman–Crippen MR) is 128 cm³/mol. The number of fused-ring (bicyclic) bond motifs is 2. The number of carbonyl (C=O) groups is 1. The molecule has 35 heavy (non-hydrogen) atoms. The van der Waals surface area contributed by atoms with Crippen molar-refractivity contribution in [1.29, 1.82) is 0 Å². The molecule has 3 aromatic rings. The molecule has 1 N–H and O–H groups in total. The molecule has 182 valence electrons. The molecule has 0 spiro atoms. The van der Waals surface area contributed by atoms with Crippen molar-refractivity contribution >= 4 is 35.0 Å². The Bertz CT molecular complexity index is 1290. The maximum atomic E-state index is 14.6. The van der Waals surface area contributed by atoms with Gasteiger partial charge >= 0.3 is 5.97 Å². The normalized spacial score (nSPS) is 23.3. The van der Waals surface area contributed by atoms with E-state index in [1.54, 1.807) is 18.2 Å². The van der Waals surface area contributed by atoms with Crippen LogP contribution >= 0.6 is 23.2 Å². The van der Waals surface area contributed by atoms with E-state index in [0.717, 1.165) is 43.1 Å². The van der Waals surface area contributed by atoms with Crippen LogP contribution in [0.15, 0.2) is 35.0 Å². The number of anilines is 1. The van der Waals surface area contributed by atoms with Crippen molar-refractivity contribution in [3.8, 4) is 11.3 Å². The molecule has 3 atom stereocenters. The average Bonchev–Trinajstić information content (AvgIpc) is 3.28. The number of pyridine rings is 1. The zero-order chi connectivity index (χ0) is 24.3. The number of hydrogen-bond donors (Lipinski definition) is 1. The highest BCUT2D eigenvalue weighted by Gasteiger charge is 2.47. The van der Waals surface area contributed by atoms with Crippen molar-refractivity contribution in [3.63, 3.8) is 0 Å². The molecule has 0 unspecified atom stereocenters. The second kappa shape index (κ2) is 8.76. The molecule has 0 amide bonds. The van der Waals surface area contributed by atoms with E-state index in [4.69, 9.17) is 37.6 Å². The Hall–Kier alpha value is -2.68. The number of carboxylic acids is 1. The van der Waals surface area contributed by atoms with E-state index in [0.29, 0.717) is 40.4 Å². The standard InChI is InChI=1S/C25H22Cl2FN3O4/c26-17-2-1-3-18(27)21(17)22-16(23(35-30-22)12-4-5-12)11-34-20-8-15-6-14(20)10-31(15)24-19(28)7-13(9-29-24)25(32)33/h1-3,7,9,12,14-15,20H,4-6,8,10-11H2,(H,32,33)/t14-,15-,20+/m0/s1. The molecule has 1 aliphatic heterocycles. The first-order valence-corrected chi connectivity index (χ1v) is 12.4. The van der Waals surface area contributed by atoms with Gasteiger partial charge in [-0.15, -0.1) is 0 Å². The Balaban J connectivity index is 1.19. The fourth-order valence-corrected chi connectivity index (χ4v) is 5.94. The highest BCUT2D eigenvalue weighted by atomic mass is 35.5. The first-order valence-electron chi connectivity index (χ1n) is 11.6. The van der Waals surface area contributed by atoms with Crippen molar-refractivity contribution in [2.45, 2.75) is 50.4 Å². The number of halogens is 3. The Morgan fingerprint density at radius 1 is 1.26 bits per heavy atom. The van der Waals surface area contributed by atoms with Crippen LogP contribution in [0.4, 0.5) is 10.2 Å². The average molecular weight is 518 g/mol. The zero-order valence-electron chi connectivity index (χ0n) is 18.6. The molecular formula is C25H22Cl2FN3O4. The smallest absolute Gasteiger partial charge is 0.337 e. The summed E-state index contributed by atoms with van der Waals surface area (Å²) in [6.07, 6.45) is 4.93. The summed E-state index contributed by atoms with van der Waals surface area (Å²) in [7, 11) is 0. The number of benzene rings is 1. The molecule has 1 saturated heterocycles. The molecule has 6 rings (SSSR count). The summed E-state index contributed by atoms with van der Waals surface area (Å²) >= 11 is 12.9. The van der Waals surface area contributed by atoms with Gasteiger partial charge in [0, 0.05) is 41.7 Å². The summed E-state index contributed by atoms with van der Waals surface area (Å²) < 4.78 is 26.7. The minimum Gasteiger partial charge on any atom is -0.478 e. The molecule has 10 heteroatoms. The van der Waals surface area contributed by atoms with E-state index < -0.39 is 11.8 Å². The number of piperidine rings is 1. The van der Waals surface area contributed by atoms with E-state index in [1.165, 1.54) is 6.20 Å². The van der Waals surface area contributed by atoms with Crippen LogP contribution in [0.5, 0.6) is 0 Å². The molecule has 2 saturated carbocycles. The van der Waals surface area contributed by atoms with Gasteiger partial charge in [0.2, 0.25) is 0 Å². The molecule has 0 radical (unpaired) electrons. The first kappa shape index (κ1) is 22.8. The van der Waals surface area contributed by atoms with Gasteiger partial charge in [-0.2, -0.15) is 0 Å². The predicted octanol–water partition coefficient (Wildman–Crippen LogP) is 5.94. The number of rotatable bonds is 7. The minimum atomic E-state index is -1.20. The van der Waals surface area contributed by atoms with Crippen LogP contribution in [-0.4, -0.2) is 39.9 Å². The maximum Gasteiger partial charge on any atom is 0.337 e. The second-order valence-corrected chi connectivity index (χ2v) is 10.3. The number of hydrogen-bond acceptors (Lipinski definition) is 6. The van der Waals surface area contributed by atoms with Crippen LogP contribution in [0.25, 0.3) is 11.3 Å². The van der Waals surface area contributed by atoms with Gasteiger partial charge in [-0.3, -0.25) is 0 Å². The van der Waals surface area contributed by atoms with Gasteiger partial charge in [-0.05, 0) is 43.9 Å². The number of nitrogens with zero attached hydrogens (tertiary/aromatic N) is 3. The highest BCUT2D eigenvalue weighted by Crippen LogP contribution is 2.47. The fraction of sp³-hybridized carbons (Fsp3) is 0.400. The Labute approximate surface area is 210 Å². The first-order chi connectivity index (χ1) is 16.9. The SMILES string of the molecule is O=C(O)c1cnc(N2C[C@@H]3C[C@H]2C[C@H]3OCc2c(-c3c(Cl)cccc3Cl)noc2C2CC2)c(F)c1. The third-order valence-electron chi connectivity index (χ3n) is 7.23.